The van der Waals surface area contributed by atoms with E-state index in [1.807, 2.05) is 16.7 Å². The molecule has 146 heavy (non-hydrogen) atoms. The Hall–Kier alpha value is -5.22. The lowest BCUT2D eigenvalue weighted by Crippen LogP contribution is -2.72. The molecule has 4 amide bonds. The van der Waals surface area contributed by atoms with E-state index in [1.165, 1.54) is 116 Å². The zero-order valence-electron chi connectivity index (χ0n) is 83.6. The first-order valence-electron chi connectivity index (χ1n) is 51.7. The predicted octanol–water partition coefficient (Wildman–Crippen LogP) is -5.98. The van der Waals surface area contributed by atoms with Gasteiger partial charge in [-0.25, -0.2) is 9.59 Å². The number of carboxylic acids is 2. The smallest absolute Gasteiger partial charge is 0.364 e. The second-order valence-corrected chi connectivity index (χ2v) is 38.9. The van der Waals surface area contributed by atoms with Gasteiger partial charge < -0.3 is 220 Å². The van der Waals surface area contributed by atoms with E-state index in [0.717, 1.165) is 77.6 Å². The van der Waals surface area contributed by atoms with Gasteiger partial charge in [-0.1, -0.05) is 192 Å². The van der Waals surface area contributed by atoms with E-state index in [1.54, 1.807) is 6.08 Å². The normalized spacial score (nSPS) is 35.3. The van der Waals surface area contributed by atoms with Crippen LogP contribution in [0.4, 0.5) is 0 Å². The summed E-state index contributed by atoms with van der Waals surface area (Å²) in [4.78, 5) is 79.4. The summed E-state index contributed by atoms with van der Waals surface area (Å²) in [5.74, 6) is -15.8. The van der Waals surface area contributed by atoms with Crippen LogP contribution in [0, 0.1) is 0 Å². The summed E-state index contributed by atoms with van der Waals surface area (Å²) < 4.78 is 82.2. The van der Waals surface area contributed by atoms with Crippen LogP contribution in [0.2, 0.25) is 0 Å². The fourth-order valence-corrected chi connectivity index (χ4v) is 19.1. The Balaban J connectivity index is 1.01. The third-order valence-electron chi connectivity index (χ3n) is 27.6. The summed E-state index contributed by atoms with van der Waals surface area (Å²) >= 11 is 0. The van der Waals surface area contributed by atoms with Crippen molar-refractivity contribution in [2.75, 3.05) is 66.1 Å². The number of carboxylic acid groups (broad SMARTS) is 2. The minimum atomic E-state index is -3.64. The molecule has 0 radical (unpaired) electrons. The van der Waals surface area contributed by atoms with Gasteiger partial charge in [-0.15, -0.1) is 0 Å². The number of aliphatic hydroxyl groups excluding tert-OH is 24. The second kappa shape index (κ2) is 66.1. The lowest BCUT2D eigenvalue weighted by atomic mass is 9.87. The molecule has 7 heterocycles. The largest absolute Gasteiger partial charge is 0.477 e. The van der Waals surface area contributed by atoms with Gasteiger partial charge in [0.1, 0.15) is 172 Å². The van der Waals surface area contributed by atoms with Crippen molar-refractivity contribution < 1.29 is 228 Å². The molecule has 848 valence electrons. The molecule has 7 saturated heterocycles. The van der Waals surface area contributed by atoms with E-state index >= 15 is 0 Å². The molecule has 30 N–H and O–H groups in total. The monoisotopic (exact) mass is 2110 g/mol. The average Bonchev–Trinajstić information content (AvgIpc) is 0.745. The van der Waals surface area contributed by atoms with Gasteiger partial charge in [0, 0.05) is 26.2 Å². The molecule has 0 aromatic rings. The number of amides is 4. The number of aliphatic hydroxyl groups is 24. The van der Waals surface area contributed by atoms with Gasteiger partial charge in [-0.3, -0.25) is 19.2 Å². The van der Waals surface area contributed by atoms with Crippen LogP contribution in [0.3, 0.4) is 0 Å². The number of rotatable bonds is 69. The minimum absolute atomic E-state index is 0.136. The lowest BCUT2D eigenvalue weighted by Gasteiger charge is -2.52. The number of allylic oxidation sites excluding steroid dienone is 3. The summed E-state index contributed by atoms with van der Waals surface area (Å²) in [5, 5.41) is 300. The zero-order chi connectivity index (χ0) is 107. The molecule has 0 spiro atoms. The van der Waals surface area contributed by atoms with Crippen molar-refractivity contribution in [3.05, 3.63) is 24.3 Å². The third kappa shape index (κ3) is 37.3. The van der Waals surface area contributed by atoms with Crippen LogP contribution < -0.4 is 21.3 Å². The highest BCUT2D eigenvalue weighted by molar-refractivity contribution is 5.79. The molecule has 0 aliphatic carbocycles. The van der Waals surface area contributed by atoms with Crippen molar-refractivity contribution in [3.8, 4) is 0 Å². The topological polar surface area (TPSA) is 806 Å². The molecule has 39 atom stereocenters. The van der Waals surface area contributed by atoms with E-state index < -0.39 is 347 Å². The molecule has 7 aliphatic heterocycles. The molecular weight excluding hydrogens is 1950 g/mol. The Morgan fingerprint density at radius 2 is 0.747 bits per heavy atom. The van der Waals surface area contributed by atoms with Crippen LogP contribution >= 0.6 is 0 Å². The highest BCUT2D eigenvalue weighted by Gasteiger charge is 2.64. The van der Waals surface area contributed by atoms with E-state index in [0.29, 0.717) is 12.8 Å². The van der Waals surface area contributed by atoms with E-state index in [4.69, 9.17) is 66.3 Å². The second-order valence-electron chi connectivity index (χ2n) is 38.9. The van der Waals surface area contributed by atoms with E-state index in [-0.39, 0.29) is 12.3 Å². The SMILES string of the molecule is CCCCCCCC/C=C\CCCCCCCCCCCCCC(=O)N[C@@H](CO[C@@H]1OC(CO)[C@@H](O[C@@H]2OC(CO)[C@H](O[C@@H]3OC(CO)[C@H](O)[C@H](O[C@@H]4OC(CO)[C@H](O)[C@H](O[C@@H]5OC(CO)[C@H](O)[C@H](O[C@]6(C(=O)O)CC(O)[C@@H](NC(=O)CO)C([C@H](O)[C@@H](CO)O[C@]7(C(=O)O)CC(O)[C@@H](NC(=O)CO)C([C@H](O)[C@H](O)CO)O7)O6)C5O)C4NC(C)=O)C3O)[C@H](O)C2O)[C@H](O)C1O)[C@H](O)/C=C/CCCCCCCCCCCCC. The van der Waals surface area contributed by atoms with Crippen molar-refractivity contribution in [1.82, 2.24) is 21.3 Å². The fourth-order valence-electron chi connectivity index (χ4n) is 19.1. The predicted molar refractivity (Wildman–Crippen MR) is 503 cm³/mol. The van der Waals surface area contributed by atoms with Crippen LogP contribution in [-0.2, 0) is 95.1 Å². The molecule has 0 bridgehead atoms. The number of carbonyl (C=O) groups excluding carboxylic acids is 4. The Morgan fingerprint density at radius 3 is 1.18 bits per heavy atom. The number of hydrogen-bond acceptors (Lipinski definition) is 44. The van der Waals surface area contributed by atoms with E-state index in [2.05, 4.69) is 36.6 Å². The third-order valence-corrected chi connectivity index (χ3v) is 27.6. The van der Waals surface area contributed by atoms with Crippen LogP contribution in [0.1, 0.15) is 239 Å². The van der Waals surface area contributed by atoms with Crippen molar-refractivity contribution >= 4 is 35.6 Å². The summed E-state index contributed by atoms with van der Waals surface area (Å²) in [6, 6.07) is -7.38. The number of carbonyl (C=O) groups is 6. The van der Waals surface area contributed by atoms with Gasteiger partial charge >= 0.3 is 11.9 Å². The number of hydrogen-bond donors (Lipinski definition) is 30. The summed E-state index contributed by atoms with van der Waals surface area (Å²) in [5.41, 5.74) is 0. The maximum absolute atomic E-state index is 13.8. The first kappa shape index (κ1) is 128. The van der Waals surface area contributed by atoms with Crippen molar-refractivity contribution in [3.63, 3.8) is 0 Å². The van der Waals surface area contributed by atoms with Gasteiger partial charge in [0.25, 0.3) is 11.6 Å². The van der Waals surface area contributed by atoms with Crippen LogP contribution in [0.25, 0.3) is 0 Å². The first-order chi connectivity index (χ1) is 69.9. The number of aliphatic carboxylic acids is 2. The average molecular weight is 2110 g/mol. The van der Waals surface area contributed by atoms with Crippen LogP contribution in [0.15, 0.2) is 24.3 Å². The summed E-state index contributed by atoms with van der Waals surface area (Å²) in [6.07, 6.45) is -33.3. The minimum Gasteiger partial charge on any atom is -0.477 e. The molecule has 14 unspecified atom stereocenters. The number of nitrogens with one attached hydrogen (secondary N) is 4. The van der Waals surface area contributed by atoms with Gasteiger partial charge in [0.2, 0.25) is 23.6 Å². The molecule has 7 fully saturated rings. The lowest BCUT2D eigenvalue weighted by molar-refractivity contribution is -0.393. The van der Waals surface area contributed by atoms with E-state index in [9.17, 15) is 162 Å². The highest BCUT2D eigenvalue weighted by Crippen LogP contribution is 2.43. The molecule has 0 aromatic carbocycles. The van der Waals surface area contributed by atoms with Crippen LogP contribution in [-0.4, -0.2) is 473 Å². The number of unbranched alkanes of at least 4 members (excludes halogenated alkanes) is 28. The Kier molecular flexibility index (Phi) is 57.8. The molecule has 50 heteroatoms. The van der Waals surface area contributed by atoms with Gasteiger partial charge in [0.15, 0.2) is 31.5 Å². The summed E-state index contributed by atoms with van der Waals surface area (Å²) in [7, 11) is 0. The van der Waals surface area contributed by atoms with Gasteiger partial charge in [-0.05, 0) is 44.9 Å². The van der Waals surface area contributed by atoms with Crippen molar-refractivity contribution in [2.45, 2.75) is 477 Å². The standard InChI is InChI=1S/C96H168N4O46/c1-4-6-8-10-12-14-16-18-19-20-21-22-23-24-25-27-29-31-33-35-37-39-64(115)98-53(54(111)38-36-34-32-30-28-26-17-15-13-11-9-7-5-2)51-133-89-77(125)75(123)81(62(47-106)137-89)139-90-78(126)76(124)82(63(48-107)138-90)140-91-79(127)86(72(120)59(44-103)135-91)142-88-69(97-52(3)110)83(71(119)58(43-102)134-88)141-92-80(128)87(73(121)60(45-104)136-92)146-96(94(131)132)41-56(113)68(100-66(117)50-109)85(145-96)74(122)61(46-105)143-95(93(129)130)40-55(112)67(99-65(116)49-108)84(144-95)70(118)57(114)42-101/h18-19,36,38,53-63,67-92,101-109,111-114,118-128H,4-17,20-35,37,39-51H2,1-3H3,(H,97,110)(H,98,115)(H,99,116)(H,100,117)(H,129,130)(H,131,132)/b19-18-,38-36+/t53-,54+,55?,56?,57+,58?,59?,60?,61+,62?,63?,67+,68+,69?,70+,71-,72-,73-,74+,75+,76+,77?,78?,79?,80?,81+,82-,83+,84?,85?,86-,87-,88-,89+,90-,91-,92-,95+,96-/m0/s1. The van der Waals surface area contributed by atoms with Crippen LogP contribution in [0.5, 0.6) is 0 Å². The van der Waals surface area contributed by atoms with Crippen molar-refractivity contribution in [1.29, 1.82) is 0 Å². The highest BCUT2D eigenvalue weighted by atomic mass is 16.8. The quantitative estimate of drug-likeness (QED) is 0.0199. The maximum Gasteiger partial charge on any atom is 0.364 e. The summed E-state index contributed by atoms with van der Waals surface area (Å²) in [6.45, 7) is -6.64. The molecule has 7 rings (SSSR count). The maximum atomic E-state index is 13.8. The van der Waals surface area contributed by atoms with Gasteiger partial charge in [0.05, 0.1) is 89.3 Å². The first-order valence-corrected chi connectivity index (χ1v) is 51.7. The Bertz CT molecular complexity index is 3750. The van der Waals surface area contributed by atoms with Crippen molar-refractivity contribution in [2.24, 2.45) is 0 Å². The van der Waals surface area contributed by atoms with Gasteiger partial charge in [-0.2, -0.15) is 0 Å². The molecular formula is C96H168N4O46. The Morgan fingerprint density at radius 1 is 0.377 bits per heavy atom. The number of ether oxygens (including phenoxy) is 14. The molecule has 50 nitrogen and oxygen atoms in total. The fraction of sp³-hybridized carbons (Fsp3) is 0.896. The molecule has 7 aliphatic rings. The molecule has 0 saturated carbocycles. The molecule has 0 aromatic heterocycles. The zero-order valence-corrected chi connectivity index (χ0v) is 83.6. The Labute approximate surface area is 848 Å².